The molecule has 1 rings (SSSR count). The van der Waals surface area contributed by atoms with Crippen LogP contribution in [0.25, 0.3) is 0 Å². The SMILES string of the molecule is COC(=O)C(C)(C)CN1CCCC(=O)C1. The van der Waals surface area contributed by atoms with E-state index in [1.165, 1.54) is 7.11 Å². The van der Waals surface area contributed by atoms with Gasteiger partial charge in [-0.05, 0) is 26.8 Å². The topological polar surface area (TPSA) is 46.6 Å². The number of esters is 1. The second kappa shape index (κ2) is 4.75. The van der Waals surface area contributed by atoms with Gasteiger partial charge in [-0.1, -0.05) is 0 Å². The largest absolute Gasteiger partial charge is 0.469 e. The Labute approximate surface area is 90.6 Å². The van der Waals surface area contributed by atoms with E-state index in [1.807, 2.05) is 18.7 Å². The maximum atomic E-state index is 11.5. The molecule has 1 saturated heterocycles. The van der Waals surface area contributed by atoms with Crippen molar-refractivity contribution in [3.63, 3.8) is 0 Å². The number of rotatable bonds is 3. The number of carbonyl (C=O) groups is 2. The van der Waals surface area contributed by atoms with Crippen molar-refractivity contribution in [1.29, 1.82) is 0 Å². The Morgan fingerprint density at radius 2 is 2.20 bits per heavy atom. The second-order valence-corrected chi connectivity index (χ2v) is 4.73. The van der Waals surface area contributed by atoms with Crippen LogP contribution in [0.15, 0.2) is 0 Å². The van der Waals surface area contributed by atoms with Crippen LogP contribution in [0.4, 0.5) is 0 Å². The maximum absolute atomic E-state index is 11.5. The lowest BCUT2D eigenvalue weighted by Crippen LogP contribution is -2.44. The van der Waals surface area contributed by atoms with Crippen LogP contribution in [0.3, 0.4) is 0 Å². The molecule has 1 fully saturated rings. The summed E-state index contributed by atoms with van der Waals surface area (Å²) >= 11 is 0. The van der Waals surface area contributed by atoms with Crippen molar-refractivity contribution in [2.75, 3.05) is 26.7 Å². The van der Waals surface area contributed by atoms with Gasteiger partial charge in [0.15, 0.2) is 0 Å². The van der Waals surface area contributed by atoms with E-state index in [4.69, 9.17) is 4.74 Å². The summed E-state index contributed by atoms with van der Waals surface area (Å²) in [6.45, 7) is 5.65. The van der Waals surface area contributed by atoms with Crippen LogP contribution in [-0.2, 0) is 14.3 Å². The van der Waals surface area contributed by atoms with E-state index in [2.05, 4.69) is 0 Å². The minimum atomic E-state index is -0.535. The molecule has 86 valence electrons. The summed E-state index contributed by atoms with van der Waals surface area (Å²) in [6, 6.07) is 0. The zero-order valence-corrected chi connectivity index (χ0v) is 9.71. The smallest absolute Gasteiger partial charge is 0.312 e. The number of ether oxygens (including phenoxy) is 1. The molecule has 0 aromatic carbocycles. The third kappa shape index (κ3) is 3.30. The van der Waals surface area contributed by atoms with Gasteiger partial charge in [-0.25, -0.2) is 0 Å². The van der Waals surface area contributed by atoms with Crippen molar-refractivity contribution in [1.82, 2.24) is 4.90 Å². The molecule has 0 amide bonds. The first-order valence-electron chi connectivity index (χ1n) is 5.28. The summed E-state index contributed by atoms with van der Waals surface area (Å²) in [5, 5.41) is 0. The first-order valence-corrected chi connectivity index (χ1v) is 5.28. The van der Waals surface area contributed by atoms with Gasteiger partial charge in [0.1, 0.15) is 5.78 Å². The number of piperidine rings is 1. The lowest BCUT2D eigenvalue weighted by atomic mass is 9.92. The van der Waals surface area contributed by atoms with E-state index in [9.17, 15) is 9.59 Å². The van der Waals surface area contributed by atoms with Crippen LogP contribution in [-0.4, -0.2) is 43.4 Å². The fraction of sp³-hybridized carbons (Fsp3) is 0.818. The number of Topliss-reactive ketones (excluding diaryl/α,β-unsaturated/α-hetero) is 1. The van der Waals surface area contributed by atoms with Gasteiger partial charge in [-0.3, -0.25) is 14.5 Å². The molecule has 0 spiro atoms. The lowest BCUT2D eigenvalue weighted by molar-refractivity contribution is -0.152. The van der Waals surface area contributed by atoms with Crippen LogP contribution in [0.5, 0.6) is 0 Å². The van der Waals surface area contributed by atoms with Gasteiger partial charge in [-0.15, -0.1) is 0 Å². The third-order valence-electron chi connectivity index (χ3n) is 2.69. The average molecular weight is 213 g/mol. The molecule has 1 heterocycles. The number of nitrogens with zero attached hydrogens (tertiary/aromatic N) is 1. The molecule has 1 aliphatic rings. The maximum Gasteiger partial charge on any atom is 0.312 e. The number of methoxy groups -OCH3 is 1. The quantitative estimate of drug-likeness (QED) is 0.652. The van der Waals surface area contributed by atoms with E-state index in [0.717, 1.165) is 13.0 Å². The number of hydrogen-bond acceptors (Lipinski definition) is 4. The highest BCUT2D eigenvalue weighted by atomic mass is 16.5. The Morgan fingerprint density at radius 3 is 2.73 bits per heavy atom. The molecule has 0 bridgehead atoms. The fourth-order valence-corrected chi connectivity index (χ4v) is 1.94. The van der Waals surface area contributed by atoms with Crippen LogP contribution >= 0.6 is 0 Å². The Bertz CT molecular complexity index is 261. The summed E-state index contributed by atoms with van der Waals surface area (Å²) in [4.78, 5) is 24.7. The monoisotopic (exact) mass is 213 g/mol. The second-order valence-electron chi connectivity index (χ2n) is 4.73. The summed E-state index contributed by atoms with van der Waals surface area (Å²) in [5.41, 5.74) is -0.535. The Morgan fingerprint density at radius 1 is 1.53 bits per heavy atom. The van der Waals surface area contributed by atoms with Gasteiger partial charge in [0.25, 0.3) is 0 Å². The standard InChI is InChI=1S/C11H19NO3/c1-11(2,10(14)15-3)8-12-6-4-5-9(13)7-12/h4-8H2,1-3H3. The summed E-state index contributed by atoms with van der Waals surface area (Å²) in [5.74, 6) is 0.0439. The van der Waals surface area contributed by atoms with Crippen LogP contribution in [0, 0.1) is 5.41 Å². The number of carbonyl (C=O) groups excluding carboxylic acids is 2. The van der Waals surface area contributed by atoms with Gasteiger partial charge >= 0.3 is 5.97 Å². The summed E-state index contributed by atoms with van der Waals surface area (Å²) in [7, 11) is 1.39. The molecule has 0 atom stereocenters. The zero-order chi connectivity index (χ0) is 11.5. The number of ketones is 1. The van der Waals surface area contributed by atoms with Crippen LogP contribution in [0.2, 0.25) is 0 Å². The molecular formula is C11H19NO3. The first kappa shape index (κ1) is 12.2. The van der Waals surface area contributed by atoms with Crippen LogP contribution in [0.1, 0.15) is 26.7 Å². The molecule has 0 unspecified atom stereocenters. The predicted octanol–water partition coefficient (Wildman–Crippen LogP) is 0.850. The predicted molar refractivity (Wildman–Crippen MR) is 56.5 cm³/mol. The highest BCUT2D eigenvalue weighted by Crippen LogP contribution is 2.20. The van der Waals surface area contributed by atoms with Gasteiger partial charge in [0.05, 0.1) is 19.1 Å². The van der Waals surface area contributed by atoms with Crippen LogP contribution < -0.4 is 0 Å². The van der Waals surface area contributed by atoms with E-state index in [1.54, 1.807) is 0 Å². The van der Waals surface area contributed by atoms with Crippen molar-refractivity contribution in [2.24, 2.45) is 5.41 Å². The summed E-state index contributed by atoms with van der Waals surface area (Å²) < 4.78 is 4.73. The van der Waals surface area contributed by atoms with Crippen molar-refractivity contribution < 1.29 is 14.3 Å². The minimum Gasteiger partial charge on any atom is -0.469 e. The number of hydrogen-bond donors (Lipinski definition) is 0. The highest BCUT2D eigenvalue weighted by Gasteiger charge is 2.32. The van der Waals surface area contributed by atoms with E-state index in [-0.39, 0.29) is 11.8 Å². The molecular weight excluding hydrogens is 194 g/mol. The zero-order valence-electron chi connectivity index (χ0n) is 9.71. The Hall–Kier alpha value is -0.900. The molecule has 0 saturated carbocycles. The third-order valence-corrected chi connectivity index (χ3v) is 2.69. The molecule has 4 nitrogen and oxygen atoms in total. The van der Waals surface area contributed by atoms with Gasteiger partial charge in [0, 0.05) is 13.0 Å². The molecule has 15 heavy (non-hydrogen) atoms. The van der Waals surface area contributed by atoms with E-state index >= 15 is 0 Å². The molecule has 0 aromatic rings. The minimum absolute atomic E-state index is 0.222. The molecule has 0 aromatic heterocycles. The van der Waals surface area contributed by atoms with E-state index < -0.39 is 5.41 Å². The molecule has 4 heteroatoms. The molecule has 0 radical (unpaired) electrons. The van der Waals surface area contributed by atoms with Crippen molar-refractivity contribution in [3.8, 4) is 0 Å². The summed E-state index contributed by atoms with van der Waals surface area (Å²) in [6.07, 6.45) is 1.57. The van der Waals surface area contributed by atoms with Crippen molar-refractivity contribution in [3.05, 3.63) is 0 Å². The highest BCUT2D eigenvalue weighted by molar-refractivity contribution is 5.81. The number of likely N-dealkylation sites (tertiary alicyclic amines) is 1. The average Bonchev–Trinajstić information content (AvgIpc) is 2.15. The Balaban J connectivity index is 2.52. The molecule has 1 aliphatic heterocycles. The normalized spacial score (nSPS) is 19.0. The molecule has 0 aliphatic carbocycles. The first-order chi connectivity index (χ1) is 6.95. The van der Waals surface area contributed by atoms with Gasteiger partial charge in [-0.2, -0.15) is 0 Å². The van der Waals surface area contributed by atoms with Gasteiger partial charge in [0.2, 0.25) is 0 Å². The van der Waals surface area contributed by atoms with Crippen molar-refractivity contribution in [2.45, 2.75) is 26.7 Å². The van der Waals surface area contributed by atoms with E-state index in [0.29, 0.717) is 19.5 Å². The van der Waals surface area contributed by atoms with Gasteiger partial charge < -0.3 is 4.74 Å². The Kier molecular flexibility index (Phi) is 3.85. The molecule has 0 N–H and O–H groups in total. The van der Waals surface area contributed by atoms with Crippen molar-refractivity contribution >= 4 is 11.8 Å². The fourth-order valence-electron chi connectivity index (χ4n) is 1.94. The lowest BCUT2D eigenvalue weighted by Gasteiger charge is -2.32.